The second-order valence-corrected chi connectivity index (χ2v) is 2.70. The molecule has 0 saturated carbocycles. The predicted octanol–water partition coefficient (Wildman–Crippen LogP) is 2.31. The molecule has 0 aromatic heterocycles. The van der Waals surface area contributed by atoms with E-state index in [4.69, 9.17) is 5.73 Å². The molecule has 0 amide bonds. The first kappa shape index (κ1) is 10.5. The van der Waals surface area contributed by atoms with Crippen LogP contribution in [0.5, 0.6) is 0 Å². The Bertz CT molecular complexity index is 119. The van der Waals surface area contributed by atoms with Crippen LogP contribution in [0.25, 0.3) is 0 Å². The maximum atomic E-state index is 5.32. The topological polar surface area (TPSA) is 26.0 Å². The van der Waals surface area contributed by atoms with Crippen LogP contribution in [0.3, 0.4) is 0 Å². The lowest BCUT2D eigenvalue weighted by Gasteiger charge is -1.88. The molecule has 0 aliphatic carbocycles. The van der Waals surface area contributed by atoms with E-state index in [9.17, 15) is 0 Å². The summed E-state index contributed by atoms with van der Waals surface area (Å²) >= 11 is 0. The first-order valence-corrected chi connectivity index (χ1v) is 4.57. The van der Waals surface area contributed by atoms with E-state index in [2.05, 4.69) is 18.8 Å². The number of nitrogens with two attached hydrogens (primary N) is 1. The molecular formula is C10H19N. The zero-order valence-electron chi connectivity index (χ0n) is 7.53. The lowest BCUT2D eigenvalue weighted by atomic mass is 10.2. The minimum absolute atomic E-state index is 0.768. The zero-order chi connectivity index (χ0) is 8.36. The molecule has 0 rings (SSSR count). The highest BCUT2D eigenvalue weighted by atomic mass is 14.5. The van der Waals surface area contributed by atoms with Gasteiger partial charge in [-0.05, 0) is 19.4 Å². The third kappa shape index (κ3) is 9.52. The first-order valence-electron chi connectivity index (χ1n) is 4.57. The van der Waals surface area contributed by atoms with Gasteiger partial charge >= 0.3 is 0 Å². The maximum Gasteiger partial charge on any atom is 0.0101 e. The molecule has 1 heteroatoms. The Morgan fingerprint density at radius 2 is 1.64 bits per heavy atom. The van der Waals surface area contributed by atoms with Crippen molar-refractivity contribution in [3.8, 4) is 11.8 Å². The highest BCUT2D eigenvalue weighted by Gasteiger charge is 1.80. The van der Waals surface area contributed by atoms with Crippen molar-refractivity contribution in [2.24, 2.45) is 5.73 Å². The van der Waals surface area contributed by atoms with E-state index in [0.29, 0.717) is 0 Å². The minimum Gasteiger partial charge on any atom is -0.330 e. The summed E-state index contributed by atoms with van der Waals surface area (Å²) in [6.45, 7) is 2.98. The maximum absolute atomic E-state index is 5.32. The Morgan fingerprint density at radius 1 is 1.00 bits per heavy atom. The molecule has 2 N–H and O–H groups in total. The van der Waals surface area contributed by atoms with E-state index in [0.717, 1.165) is 25.8 Å². The molecule has 0 fully saturated rings. The summed E-state index contributed by atoms with van der Waals surface area (Å²) in [6, 6.07) is 0. The van der Waals surface area contributed by atoms with Crippen molar-refractivity contribution in [2.45, 2.75) is 45.4 Å². The third-order valence-corrected chi connectivity index (χ3v) is 1.54. The molecule has 0 aliphatic rings. The van der Waals surface area contributed by atoms with Crippen molar-refractivity contribution in [2.75, 3.05) is 6.54 Å². The Kier molecular flexibility index (Phi) is 9.10. The van der Waals surface area contributed by atoms with Crippen LogP contribution in [0.2, 0.25) is 0 Å². The molecule has 0 bridgehead atoms. The van der Waals surface area contributed by atoms with Gasteiger partial charge in [-0.15, -0.1) is 11.8 Å². The van der Waals surface area contributed by atoms with Crippen molar-refractivity contribution >= 4 is 0 Å². The molecular weight excluding hydrogens is 134 g/mol. The highest BCUT2D eigenvalue weighted by Crippen LogP contribution is 1.96. The van der Waals surface area contributed by atoms with Gasteiger partial charge in [0.15, 0.2) is 0 Å². The Labute approximate surface area is 70.4 Å². The van der Waals surface area contributed by atoms with Crippen LogP contribution in [0.15, 0.2) is 0 Å². The average molecular weight is 153 g/mol. The Hall–Kier alpha value is -0.480. The van der Waals surface area contributed by atoms with Gasteiger partial charge in [0.05, 0.1) is 0 Å². The van der Waals surface area contributed by atoms with Crippen LogP contribution in [0.4, 0.5) is 0 Å². The van der Waals surface area contributed by atoms with E-state index in [1.807, 2.05) is 0 Å². The number of hydrogen-bond donors (Lipinski definition) is 1. The van der Waals surface area contributed by atoms with Gasteiger partial charge in [-0.3, -0.25) is 0 Å². The molecule has 0 aromatic carbocycles. The van der Waals surface area contributed by atoms with Crippen LogP contribution in [0.1, 0.15) is 45.4 Å². The molecule has 64 valence electrons. The monoisotopic (exact) mass is 153 g/mol. The van der Waals surface area contributed by atoms with Crippen LogP contribution in [-0.4, -0.2) is 6.54 Å². The van der Waals surface area contributed by atoms with Crippen LogP contribution < -0.4 is 5.73 Å². The Balaban J connectivity index is 2.99. The summed E-state index contributed by atoms with van der Waals surface area (Å²) in [5.74, 6) is 6.26. The van der Waals surface area contributed by atoms with Crippen molar-refractivity contribution < 1.29 is 0 Å². The van der Waals surface area contributed by atoms with E-state index < -0.39 is 0 Å². The molecule has 0 atom stereocenters. The fourth-order valence-electron chi connectivity index (χ4n) is 0.831. The van der Waals surface area contributed by atoms with Gasteiger partial charge in [0.1, 0.15) is 0 Å². The molecule has 0 heterocycles. The average Bonchev–Trinajstić information content (AvgIpc) is 2.03. The van der Waals surface area contributed by atoms with E-state index in [1.165, 1.54) is 19.3 Å². The molecule has 0 radical (unpaired) electrons. The third-order valence-electron chi connectivity index (χ3n) is 1.54. The zero-order valence-corrected chi connectivity index (χ0v) is 7.53. The summed E-state index contributed by atoms with van der Waals surface area (Å²) in [4.78, 5) is 0. The van der Waals surface area contributed by atoms with Gasteiger partial charge in [0.2, 0.25) is 0 Å². The number of hydrogen-bond acceptors (Lipinski definition) is 1. The van der Waals surface area contributed by atoms with Gasteiger partial charge in [0, 0.05) is 12.8 Å². The summed E-state index contributed by atoms with van der Waals surface area (Å²) in [5, 5.41) is 0. The molecule has 0 aromatic rings. The summed E-state index contributed by atoms with van der Waals surface area (Å²) in [5.41, 5.74) is 5.32. The van der Waals surface area contributed by atoms with Gasteiger partial charge in [0.25, 0.3) is 0 Å². The lowest BCUT2D eigenvalue weighted by Crippen LogP contribution is -1.96. The van der Waals surface area contributed by atoms with E-state index in [-0.39, 0.29) is 0 Å². The van der Waals surface area contributed by atoms with E-state index in [1.54, 1.807) is 0 Å². The molecule has 11 heavy (non-hydrogen) atoms. The van der Waals surface area contributed by atoms with Gasteiger partial charge in [-0.1, -0.05) is 19.8 Å². The molecule has 0 aliphatic heterocycles. The van der Waals surface area contributed by atoms with Crippen LogP contribution in [0, 0.1) is 11.8 Å². The number of unbranched alkanes of at least 4 members (excludes halogenated alkanes) is 4. The first-order chi connectivity index (χ1) is 5.41. The smallest absolute Gasteiger partial charge is 0.0101 e. The van der Waals surface area contributed by atoms with Crippen molar-refractivity contribution in [3.05, 3.63) is 0 Å². The minimum atomic E-state index is 0.768. The summed E-state index contributed by atoms with van der Waals surface area (Å²) in [7, 11) is 0. The fourth-order valence-corrected chi connectivity index (χ4v) is 0.831. The number of rotatable bonds is 5. The lowest BCUT2D eigenvalue weighted by molar-refractivity contribution is 0.736. The van der Waals surface area contributed by atoms with Gasteiger partial charge in [-0.2, -0.15) is 0 Å². The molecule has 0 saturated heterocycles. The molecule has 1 nitrogen and oxygen atoms in total. The summed E-state index contributed by atoms with van der Waals surface area (Å²) in [6.07, 6.45) is 6.93. The second kappa shape index (κ2) is 9.52. The van der Waals surface area contributed by atoms with Gasteiger partial charge < -0.3 is 5.73 Å². The normalized spacial score (nSPS) is 8.91. The van der Waals surface area contributed by atoms with Crippen LogP contribution >= 0.6 is 0 Å². The SMILES string of the molecule is CCCCCC#CCCCN. The highest BCUT2D eigenvalue weighted by molar-refractivity contribution is 4.98. The standard InChI is InChI=1S/C10H19N/c1-2-3-4-5-6-7-8-9-10-11/h2-5,8-11H2,1H3. The molecule has 0 spiro atoms. The predicted molar refractivity (Wildman–Crippen MR) is 50.2 cm³/mol. The molecule has 0 unspecified atom stereocenters. The van der Waals surface area contributed by atoms with Crippen molar-refractivity contribution in [3.63, 3.8) is 0 Å². The summed E-state index contributed by atoms with van der Waals surface area (Å²) < 4.78 is 0. The van der Waals surface area contributed by atoms with Crippen molar-refractivity contribution in [1.82, 2.24) is 0 Å². The largest absolute Gasteiger partial charge is 0.330 e. The Morgan fingerprint density at radius 3 is 2.18 bits per heavy atom. The quantitative estimate of drug-likeness (QED) is 0.476. The second-order valence-electron chi connectivity index (χ2n) is 2.70. The van der Waals surface area contributed by atoms with Crippen LogP contribution in [-0.2, 0) is 0 Å². The van der Waals surface area contributed by atoms with Crippen molar-refractivity contribution in [1.29, 1.82) is 0 Å². The van der Waals surface area contributed by atoms with E-state index >= 15 is 0 Å². The van der Waals surface area contributed by atoms with Gasteiger partial charge in [-0.25, -0.2) is 0 Å². The fraction of sp³-hybridized carbons (Fsp3) is 0.800.